The van der Waals surface area contributed by atoms with E-state index in [9.17, 15) is 10.1 Å². The third-order valence-corrected chi connectivity index (χ3v) is 5.19. The van der Waals surface area contributed by atoms with Crippen LogP contribution in [-0.4, -0.2) is 33.9 Å². The monoisotopic (exact) mass is 362 g/mol. The fourth-order valence-electron chi connectivity index (χ4n) is 3.77. The van der Waals surface area contributed by atoms with Crippen molar-refractivity contribution in [2.75, 3.05) is 18.4 Å². The minimum atomic E-state index is -0.303. The van der Waals surface area contributed by atoms with E-state index in [0.29, 0.717) is 11.6 Å². The number of nitro groups is 1. The number of hydrogen-bond acceptors (Lipinski definition) is 5. The van der Waals surface area contributed by atoms with Gasteiger partial charge in [-0.15, -0.1) is 0 Å². The van der Waals surface area contributed by atoms with E-state index in [0.717, 1.165) is 42.7 Å². The fraction of sp³-hybridized carbons (Fsp3) is 0.286. The van der Waals surface area contributed by atoms with Crippen LogP contribution in [0.25, 0.3) is 10.8 Å². The van der Waals surface area contributed by atoms with E-state index >= 15 is 0 Å². The molecule has 3 aromatic rings. The van der Waals surface area contributed by atoms with E-state index in [1.165, 1.54) is 5.39 Å². The van der Waals surface area contributed by atoms with Gasteiger partial charge in [-0.1, -0.05) is 24.3 Å². The molecular formula is C21H22N4O2. The lowest BCUT2D eigenvalue weighted by atomic mass is 10.1. The Kier molecular flexibility index (Phi) is 4.73. The summed E-state index contributed by atoms with van der Waals surface area (Å²) in [5.41, 5.74) is 3.03. The second-order valence-electron chi connectivity index (χ2n) is 7.15. The van der Waals surface area contributed by atoms with Gasteiger partial charge in [-0.05, 0) is 31.0 Å². The average molecular weight is 362 g/mol. The Hall–Kier alpha value is -2.99. The smallest absolute Gasteiger partial charge is 0.272 e. The molecule has 1 aromatic heterocycles. The highest BCUT2D eigenvalue weighted by Crippen LogP contribution is 2.26. The number of anilines is 1. The predicted molar refractivity (Wildman–Crippen MR) is 107 cm³/mol. The molecule has 1 fully saturated rings. The number of nitro benzene ring substituents is 1. The number of fused-ring (bicyclic) bond motifs is 1. The molecule has 0 radical (unpaired) electrons. The van der Waals surface area contributed by atoms with Gasteiger partial charge >= 0.3 is 0 Å². The number of likely N-dealkylation sites (tertiary alicyclic amines) is 1. The van der Waals surface area contributed by atoms with Crippen LogP contribution in [0.15, 0.2) is 54.9 Å². The van der Waals surface area contributed by atoms with Crippen LogP contribution in [0.3, 0.4) is 0 Å². The van der Waals surface area contributed by atoms with Crippen molar-refractivity contribution in [2.45, 2.75) is 25.9 Å². The van der Waals surface area contributed by atoms with Crippen molar-refractivity contribution in [1.29, 1.82) is 0 Å². The Morgan fingerprint density at radius 3 is 3.04 bits per heavy atom. The van der Waals surface area contributed by atoms with Crippen molar-refractivity contribution < 1.29 is 4.92 Å². The summed E-state index contributed by atoms with van der Waals surface area (Å²) in [6.45, 7) is 4.41. The standard InChI is InChI=1S/C21H22N4O2/c1-15-5-6-16(11-21(15)25(26)27)13-24-10-8-18(14-24)23-20-4-2-3-17-12-22-9-7-19(17)20/h2-7,9,11-12,18,23H,8,10,13-14H2,1H3. The zero-order valence-corrected chi connectivity index (χ0v) is 15.3. The quantitative estimate of drug-likeness (QED) is 0.546. The van der Waals surface area contributed by atoms with Crippen molar-refractivity contribution in [3.63, 3.8) is 0 Å². The number of benzene rings is 2. The van der Waals surface area contributed by atoms with Crippen molar-refractivity contribution in [2.24, 2.45) is 0 Å². The van der Waals surface area contributed by atoms with Gasteiger partial charge in [0, 0.05) is 66.2 Å². The zero-order chi connectivity index (χ0) is 18.8. The number of hydrogen-bond donors (Lipinski definition) is 1. The van der Waals surface area contributed by atoms with Crippen LogP contribution in [0.5, 0.6) is 0 Å². The molecule has 1 aliphatic heterocycles. The van der Waals surface area contributed by atoms with E-state index in [-0.39, 0.29) is 10.6 Å². The van der Waals surface area contributed by atoms with Crippen LogP contribution >= 0.6 is 0 Å². The molecule has 27 heavy (non-hydrogen) atoms. The first-order valence-corrected chi connectivity index (χ1v) is 9.16. The summed E-state index contributed by atoms with van der Waals surface area (Å²) in [4.78, 5) is 17.4. The largest absolute Gasteiger partial charge is 0.380 e. The van der Waals surface area contributed by atoms with Crippen LogP contribution in [0, 0.1) is 17.0 Å². The average Bonchev–Trinajstić information content (AvgIpc) is 3.10. The van der Waals surface area contributed by atoms with Crippen molar-refractivity contribution in [1.82, 2.24) is 9.88 Å². The molecule has 0 bridgehead atoms. The van der Waals surface area contributed by atoms with E-state index in [2.05, 4.69) is 27.3 Å². The number of nitrogens with one attached hydrogen (secondary N) is 1. The number of aryl methyl sites for hydroxylation is 1. The highest BCUT2D eigenvalue weighted by Gasteiger charge is 2.23. The first-order valence-electron chi connectivity index (χ1n) is 9.16. The Bertz CT molecular complexity index is 984. The molecule has 0 aliphatic carbocycles. The van der Waals surface area contributed by atoms with E-state index < -0.39 is 0 Å². The zero-order valence-electron chi connectivity index (χ0n) is 15.3. The van der Waals surface area contributed by atoms with Gasteiger partial charge in [0.2, 0.25) is 0 Å². The van der Waals surface area contributed by atoms with Gasteiger partial charge in [-0.3, -0.25) is 20.0 Å². The highest BCUT2D eigenvalue weighted by molar-refractivity contribution is 5.93. The van der Waals surface area contributed by atoms with Crippen LogP contribution in [0.1, 0.15) is 17.5 Å². The SMILES string of the molecule is Cc1ccc(CN2CCC(Nc3cccc4cnccc34)C2)cc1[N+](=O)[O-]. The summed E-state index contributed by atoms with van der Waals surface area (Å²) in [5.74, 6) is 0. The van der Waals surface area contributed by atoms with Crippen LogP contribution < -0.4 is 5.32 Å². The summed E-state index contributed by atoms with van der Waals surface area (Å²) >= 11 is 0. The van der Waals surface area contributed by atoms with Crippen LogP contribution in [0.4, 0.5) is 11.4 Å². The lowest BCUT2D eigenvalue weighted by Crippen LogP contribution is -2.26. The maximum Gasteiger partial charge on any atom is 0.272 e. The molecule has 1 atom stereocenters. The molecule has 1 saturated heterocycles. The molecule has 2 aromatic carbocycles. The normalized spacial score (nSPS) is 17.3. The van der Waals surface area contributed by atoms with Crippen LogP contribution in [0.2, 0.25) is 0 Å². The molecule has 1 N–H and O–H groups in total. The molecular weight excluding hydrogens is 340 g/mol. The molecule has 6 nitrogen and oxygen atoms in total. The third-order valence-electron chi connectivity index (χ3n) is 5.19. The van der Waals surface area contributed by atoms with Crippen LogP contribution in [-0.2, 0) is 6.54 Å². The third kappa shape index (κ3) is 3.75. The molecule has 4 rings (SSSR count). The summed E-state index contributed by atoms with van der Waals surface area (Å²) in [6.07, 6.45) is 4.75. The molecule has 0 saturated carbocycles. The molecule has 138 valence electrons. The van der Waals surface area contributed by atoms with E-state index in [4.69, 9.17) is 0 Å². The van der Waals surface area contributed by atoms with E-state index in [1.807, 2.05) is 36.7 Å². The lowest BCUT2D eigenvalue weighted by Gasteiger charge is -2.18. The first-order chi connectivity index (χ1) is 13.1. The minimum Gasteiger partial charge on any atom is -0.380 e. The fourth-order valence-corrected chi connectivity index (χ4v) is 3.77. The van der Waals surface area contributed by atoms with Gasteiger partial charge in [-0.2, -0.15) is 0 Å². The Labute approximate surface area is 158 Å². The Balaban J connectivity index is 1.43. The van der Waals surface area contributed by atoms with Gasteiger partial charge in [0.1, 0.15) is 0 Å². The molecule has 6 heteroatoms. The maximum atomic E-state index is 11.2. The number of pyridine rings is 1. The molecule has 1 aliphatic rings. The lowest BCUT2D eigenvalue weighted by molar-refractivity contribution is -0.385. The molecule has 2 heterocycles. The molecule has 0 spiro atoms. The van der Waals surface area contributed by atoms with E-state index in [1.54, 1.807) is 13.0 Å². The Morgan fingerprint density at radius 1 is 1.30 bits per heavy atom. The van der Waals surface area contributed by atoms with Gasteiger partial charge in [0.05, 0.1) is 4.92 Å². The molecule has 1 unspecified atom stereocenters. The summed E-state index contributed by atoms with van der Waals surface area (Å²) in [7, 11) is 0. The molecule has 0 amide bonds. The van der Waals surface area contributed by atoms with Gasteiger partial charge in [0.15, 0.2) is 0 Å². The summed E-state index contributed by atoms with van der Waals surface area (Å²) < 4.78 is 0. The summed E-state index contributed by atoms with van der Waals surface area (Å²) in [5, 5.41) is 17.1. The summed E-state index contributed by atoms with van der Waals surface area (Å²) in [6, 6.07) is 14.1. The number of rotatable bonds is 5. The topological polar surface area (TPSA) is 71.3 Å². The second-order valence-corrected chi connectivity index (χ2v) is 7.15. The second kappa shape index (κ2) is 7.32. The Morgan fingerprint density at radius 2 is 2.19 bits per heavy atom. The minimum absolute atomic E-state index is 0.200. The maximum absolute atomic E-state index is 11.2. The van der Waals surface area contributed by atoms with Crippen molar-refractivity contribution in [3.8, 4) is 0 Å². The van der Waals surface area contributed by atoms with Crippen molar-refractivity contribution in [3.05, 3.63) is 76.1 Å². The van der Waals surface area contributed by atoms with Crippen molar-refractivity contribution >= 4 is 22.1 Å². The van der Waals surface area contributed by atoms with Gasteiger partial charge in [-0.25, -0.2) is 0 Å². The van der Waals surface area contributed by atoms with Gasteiger partial charge in [0.25, 0.3) is 5.69 Å². The first kappa shape index (κ1) is 17.4. The highest BCUT2D eigenvalue weighted by atomic mass is 16.6. The number of aromatic nitrogens is 1. The van der Waals surface area contributed by atoms with Gasteiger partial charge < -0.3 is 5.32 Å². The number of nitrogens with zero attached hydrogens (tertiary/aromatic N) is 3. The predicted octanol–water partition coefficient (Wildman–Crippen LogP) is 4.14.